The molecule has 2 aromatic carbocycles. The fourth-order valence-electron chi connectivity index (χ4n) is 2.63. The zero-order chi connectivity index (χ0) is 18.4. The first-order valence-corrected chi connectivity index (χ1v) is 8.69. The number of hydrogen-bond acceptors (Lipinski definition) is 3. The van der Waals surface area contributed by atoms with Crippen LogP contribution in [0.3, 0.4) is 0 Å². The molecule has 1 aromatic heterocycles. The number of oxazole rings is 1. The third-order valence-electron chi connectivity index (χ3n) is 4.17. The van der Waals surface area contributed by atoms with Crippen molar-refractivity contribution in [1.82, 2.24) is 15.6 Å². The molecule has 3 rings (SSSR count). The molecule has 5 nitrogen and oxygen atoms in total. The molecule has 0 bridgehead atoms. The Morgan fingerprint density at radius 2 is 1.85 bits per heavy atom. The van der Waals surface area contributed by atoms with Crippen LogP contribution in [0.2, 0.25) is 0 Å². The summed E-state index contributed by atoms with van der Waals surface area (Å²) in [5.41, 5.74) is 3.44. The summed E-state index contributed by atoms with van der Waals surface area (Å²) in [6.07, 6.45) is 1.75. The molecule has 3 aromatic rings. The molecule has 134 valence electrons. The van der Waals surface area contributed by atoms with E-state index in [1.54, 1.807) is 13.2 Å². The molecule has 0 saturated carbocycles. The van der Waals surface area contributed by atoms with Crippen LogP contribution in [-0.4, -0.2) is 18.0 Å². The first kappa shape index (κ1) is 17.7. The molecule has 0 aliphatic heterocycles. The predicted octanol–water partition coefficient (Wildman–Crippen LogP) is 4.08. The molecule has 0 aliphatic carbocycles. The van der Waals surface area contributed by atoms with Crippen molar-refractivity contribution >= 4 is 5.96 Å². The third-order valence-corrected chi connectivity index (χ3v) is 4.17. The molecular weight excluding hydrogens is 324 g/mol. The van der Waals surface area contributed by atoms with Crippen molar-refractivity contribution in [2.24, 2.45) is 4.99 Å². The van der Waals surface area contributed by atoms with Gasteiger partial charge >= 0.3 is 0 Å². The van der Waals surface area contributed by atoms with Gasteiger partial charge < -0.3 is 15.1 Å². The Bertz CT molecular complexity index is 853. The molecule has 26 heavy (non-hydrogen) atoms. The Kier molecular flexibility index (Phi) is 5.69. The largest absolute Gasteiger partial charge is 0.439 e. The number of hydrogen-bond donors (Lipinski definition) is 2. The van der Waals surface area contributed by atoms with E-state index in [-0.39, 0.29) is 6.04 Å². The molecule has 0 aliphatic rings. The number of nitrogens with zero attached hydrogens (tertiary/aromatic N) is 2. The van der Waals surface area contributed by atoms with Gasteiger partial charge in [-0.2, -0.15) is 0 Å². The molecule has 0 saturated heterocycles. The van der Waals surface area contributed by atoms with E-state index in [2.05, 4.69) is 58.7 Å². The second kappa shape index (κ2) is 8.34. The SMILES string of the molecule is CN=C(NCc1ncc(-c2ccc(C)cc2)o1)NC(C)c1ccccc1. The molecule has 0 fully saturated rings. The number of aliphatic imine (C=N–C) groups is 1. The van der Waals surface area contributed by atoms with Crippen LogP contribution in [0.4, 0.5) is 0 Å². The monoisotopic (exact) mass is 348 g/mol. The van der Waals surface area contributed by atoms with Crippen molar-refractivity contribution in [2.45, 2.75) is 26.4 Å². The van der Waals surface area contributed by atoms with E-state index in [1.165, 1.54) is 11.1 Å². The van der Waals surface area contributed by atoms with Crippen molar-refractivity contribution < 1.29 is 4.42 Å². The van der Waals surface area contributed by atoms with Crippen LogP contribution < -0.4 is 10.6 Å². The van der Waals surface area contributed by atoms with Gasteiger partial charge in [0.2, 0.25) is 5.89 Å². The minimum Gasteiger partial charge on any atom is -0.439 e. The van der Waals surface area contributed by atoms with E-state index in [9.17, 15) is 0 Å². The van der Waals surface area contributed by atoms with Gasteiger partial charge in [0.15, 0.2) is 11.7 Å². The van der Waals surface area contributed by atoms with Gasteiger partial charge in [-0.1, -0.05) is 60.2 Å². The maximum atomic E-state index is 5.84. The lowest BCUT2D eigenvalue weighted by Crippen LogP contribution is -2.38. The van der Waals surface area contributed by atoms with Crippen LogP contribution in [-0.2, 0) is 6.54 Å². The van der Waals surface area contributed by atoms with Gasteiger partial charge in [0.25, 0.3) is 0 Å². The number of nitrogens with one attached hydrogen (secondary N) is 2. The number of benzene rings is 2. The summed E-state index contributed by atoms with van der Waals surface area (Å²) in [7, 11) is 1.75. The maximum absolute atomic E-state index is 5.84. The van der Waals surface area contributed by atoms with Crippen LogP contribution in [0.25, 0.3) is 11.3 Å². The van der Waals surface area contributed by atoms with E-state index < -0.39 is 0 Å². The average Bonchev–Trinajstić information content (AvgIpc) is 3.15. The molecule has 0 spiro atoms. The van der Waals surface area contributed by atoms with Gasteiger partial charge in [0, 0.05) is 12.6 Å². The lowest BCUT2D eigenvalue weighted by Gasteiger charge is -2.17. The maximum Gasteiger partial charge on any atom is 0.214 e. The van der Waals surface area contributed by atoms with Crippen LogP contribution in [0.15, 0.2) is 70.2 Å². The van der Waals surface area contributed by atoms with Crippen LogP contribution in [0, 0.1) is 6.92 Å². The van der Waals surface area contributed by atoms with E-state index >= 15 is 0 Å². The van der Waals surface area contributed by atoms with Crippen molar-refractivity contribution in [1.29, 1.82) is 0 Å². The summed E-state index contributed by atoms with van der Waals surface area (Å²) in [6, 6.07) is 18.6. The minimum atomic E-state index is 0.148. The average molecular weight is 348 g/mol. The predicted molar refractivity (Wildman–Crippen MR) is 105 cm³/mol. The second-order valence-corrected chi connectivity index (χ2v) is 6.19. The number of aryl methyl sites for hydroxylation is 1. The topological polar surface area (TPSA) is 62.5 Å². The molecule has 1 heterocycles. The first-order chi connectivity index (χ1) is 12.7. The molecule has 1 atom stereocenters. The fraction of sp³-hybridized carbons (Fsp3) is 0.238. The van der Waals surface area contributed by atoms with Gasteiger partial charge in [-0.25, -0.2) is 4.98 Å². The van der Waals surface area contributed by atoms with E-state index in [0.717, 1.165) is 11.3 Å². The summed E-state index contributed by atoms with van der Waals surface area (Å²) in [4.78, 5) is 8.61. The summed E-state index contributed by atoms with van der Waals surface area (Å²) < 4.78 is 5.84. The molecule has 0 amide bonds. The number of aromatic nitrogens is 1. The summed E-state index contributed by atoms with van der Waals surface area (Å²) in [6.45, 7) is 4.63. The second-order valence-electron chi connectivity index (χ2n) is 6.19. The zero-order valence-corrected chi connectivity index (χ0v) is 15.4. The lowest BCUT2D eigenvalue weighted by atomic mass is 10.1. The van der Waals surface area contributed by atoms with Crippen molar-refractivity contribution in [3.63, 3.8) is 0 Å². The fourth-order valence-corrected chi connectivity index (χ4v) is 2.63. The normalized spacial score (nSPS) is 12.7. The van der Waals surface area contributed by atoms with Crippen LogP contribution in [0.1, 0.15) is 30.0 Å². The Balaban J connectivity index is 1.58. The minimum absolute atomic E-state index is 0.148. The van der Waals surface area contributed by atoms with Gasteiger partial charge in [-0.3, -0.25) is 4.99 Å². The standard InChI is InChI=1S/C21H24N4O/c1-15-9-11-18(12-10-15)19-13-23-20(26-19)14-24-21(22-3)25-16(2)17-7-5-4-6-8-17/h4-13,16H,14H2,1-3H3,(H2,22,24,25). The highest BCUT2D eigenvalue weighted by atomic mass is 16.4. The Morgan fingerprint density at radius 1 is 1.12 bits per heavy atom. The smallest absolute Gasteiger partial charge is 0.214 e. The highest BCUT2D eigenvalue weighted by Crippen LogP contribution is 2.20. The highest BCUT2D eigenvalue weighted by molar-refractivity contribution is 5.80. The third kappa shape index (κ3) is 4.51. The number of rotatable bonds is 5. The highest BCUT2D eigenvalue weighted by Gasteiger charge is 2.10. The van der Waals surface area contributed by atoms with Gasteiger partial charge in [0.05, 0.1) is 18.8 Å². The van der Waals surface area contributed by atoms with Crippen molar-refractivity contribution in [3.8, 4) is 11.3 Å². The van der Waals surface area contributed by atoms with Gasteiger partial charge in [-0.15, -0.1) is 0 Å². The van der Waals surface area contributed by atoms with Crippen LogP contribution in [0.5, 0.6) is 0 Å². The van der Waals surface area contributed by atoms with Crippen molar-refractivity contribution in [2.75, 3.05) is 7.05 Å². The molecule has 2 N–H and O–H groups in total. The van der Waals surface area contributed by atoms with Gasteiger partial charge in [-0.05, 0) is 19.4 Å². The Labute approximate surface area is 154 Å². The molecule has 0 radical (unpaired) electrons. The summed E-state index contributed by atoms with van der Waals surface area (Å²) in [5, 5.41) is 6.61. The van der Waals surface area contributed by atoms with Crippen molar-refractivity contribution in [3.05, 3.63) is 77.8 Å². The zero-order valence-electron chi connectivity index (χ0n) is 15.4. The van der Waals surface area contributed by atoms with Crippen LogP contribution >= 0.6 is 0 Å². The van der Waals surface area contributed by atoms with E-state index in [0.29, 0.717) is 18.4 Å². The quantitative estimate of drug-likeness (QED) is 0.539. The molecule has 5 heteroatoms. The summed E-state index contributed by atoms with van der Waals surface area (Å²) >= 11 is 0. The first-order valence-electron chi connectivity index (χ1n) is 8.69. The molecule has 1 unspecified atom stereocenters. The Hall–Kier alpha value is -3.08. The summed E-state index contributed by atoms with van der Waals surface area (Å²) in [5.74, 6) is 2.09. The number of guanidine groups is 1. The van der Waals surface area contributed by atoms with Gasteiger partial charge in [0.1, 0.15) is 0 Å². The molecular formula is C21H24N4O. The Morgan fingerprint density at radius 3 is 2.54 bits per heavy atom. The van der Waals surface area contributed by atoms with E-state index in [1.807, 2.05) is 30.3 Å². The van der Waals surface area contributed by atoms with E-state index in [4.69, 9.17) is 4.42 Å². The lowest BCUT2D eigenvalue weighted by molar-refractivity contribution is 0.496.